The Bertz CT molecular complexity index is 1050. The summed E-state index contributed by atoms with van der Waals surface area (Å²) in [6.07, 6.45) is 1.55. The fourth-order valence-corrected chi connectivity index (χ4v) is 4.69. The van der Waals surface area contributed by atoms with Gasteiger partial charge in [0.15, 0.2) is 0 Å². The summed E-state index contributed by atoms with van der Waals surface area (Å²) < 4.78 is 18.8. The summed E-state index contributed by atoms with van der Waals surface area (Å²) in [6.45, 7) is 0. The Morgan fingerprint density at radius 1 is 1.15 bits per heavy atom. The predicted molar refractivity (Wildman–Crippen MR) is 105 cm³/mol. The summed E-state index contributed by atoms with van der Waals surface area (Å²) in [5.41, 5.74) is 0.575. The molecule has 1 aliphatic rings. The fraction of sp³-hybridized carbons (Fsp3) is 0.0526. The number of hydrogen-bond donors (Lipinski definition) is 0. The molecule has 0 saturated carbocycles. The van der Waals surface area contributed by atoms with Crippen LogP contribution in [-0.2, 0) is 15.3 Å². The zero-order chi connectivity index (χ0) is 19.0. The van der Waals surface area contributed by atoms with Crippen molar-refractivity contribution >= 4 is 57.8 Å². The lowest BCUT2D eigenvalue weighted by Crippen LogP contribution is -2.31. The summed E-state index contributed by atoms with van der Waals surface area (Å²) in [4.78, 5) is 28.2. The highest BCUT2D eigenvalue weighted by Gasteiger charge is 2.40. The second-order valence-corrected chi connectivity index (χ2v) is 7.93. The Morgan fingerprint density at radius 2 is 2.00 bits per heavy atom. The van der Waals surface area contributed by atoms with Gasteiger partial charge < -0.3 is 4.42 Å². The predicted octanol–water partition coefficient (Wildman–Crippen LogP) is 5.35. The van der Waals surface area contributed by atoms with E-state index in [1.807, 2.05) is 11.4 Å². The SMILES string of the molecule is O=C1C(SCc2ccco2)=C(c2cccs2)C(=O)N1c1ccc(F)c(Cl)c1. The lowest BCUT2D eigenvalue weighted by molar-refractivity contribution is -0.119. The maximum atomic E-state index is 13.5. The van der Waals surface area contributed by atoms with E-state index < -0.39 is 17.6 Å². The molecule has 8 heteroatoms. The van der Waals surface area contributed by atoms with E-state index in [-0.39, 0.29) is 10.7 Å². The first kappa shape index (κ1) is 18.0. The Morgan fingerprint density at radius 3 is 2.67 bits per heavy atom. The molecule has 3 aromatic rings. The van der Waals surface area contributed by atoms with Gasteiger partial charge in [0.25, 0.3) is 11.8 Å². The van der Waals surface area contributed by atoms with E-state index in [1.165, 1.54) is 35.2 Å². The molecule has 0 atom stereocenters. The molecule has 0 saturated heterocycles. The van der Waals surface area contributed by atoms with Crippen LogP contribution < -0.4 is 4.90 Å². The minimum Gasteiger partial charge on any atom is -0.468 e. The minimum atomic E-state index is -0.613. The molecule has 0 bridgehead atoms. The number of hydrogen-bond acceptors (Lipinski definition) is 5. The van der Waals surface area contributed by atoms with Gasteiger partial charge in [-0.15, -0.1) is 23.1 Å². The van der Waals surface area contributed by atoms with Crippen LogP contribution in [0, 0.1) is 5.82 Å². The molecule has 4 rings (SSSR count). The number of thioether (sulfide) groups is 1. The molecule has 2 aromatic heterocycles. The van der Waals surface area contributed by atoms with Crippen molar-refractivity contribution in [1.82, 2.24) is 0 Å². The molecular weight excluding hydrogens is 409 g/mol. The zero-order valence-electron chi connectivity index (χ0n) is 13.6. The van der Waals surface area contributed by atoms with Crippen LogP contribution in [0.15, 0.2) is 63.4 Å². The van der Waals surface area contributed by atoms with Crippen LogP contribution in [0.4, 0.5) is 10.1 Å². The minimum absolute atomic E-state index is 0.150. The number of nitrogens with zero attached hydrogens (tertiary/aromatic N) is 1. The average molecular weight is 420 g/mol. The quantitative estimate of drug-likeness (QED) is 0.523. The van der Waals surface area contributed by atoms with Gasteiger partial charge in [0.1, 0.15) is 11.6 Å². The van der Waals surface area contributed by atoms with E-state index in [1.54, 1.807) is 24.5 Å². The Labute approximate surface area is 167 Å². The third-order valence-electron chi connectivity index (χ3n) is 3.91. The van der Waals surface area contributed by atoms with Crippen molar-refractivity contribution in [1.29, 1.82) is 0 Å². The molecule has 2 amide bonds. The molecular formula is C19H11ClFNO3S2. The third-order valence-corrected chi connectivity index (χ3v) is 6.18. The highest BCUT2D eigenvalue weighted by atomic mass is 35.5. The normalized spacial score (nSPS) is 14.5. The lowest BCUT2D eigenvalue weighted by Gasteiger charge is -2.15. The topological polar surface area (TPSA) is 50.5 Å². The van der Waals surface area contributed by atoms with Gasteiger partial charge in [-0.3, -0.25) is 9.59 Å². The van der Waals surface area contributed by atoms with Gasteiger partial charge in [-0.05, 0) is 41.8 Å². The van der Waals surface area contributed by atoms with E-state index in [9.17, 15) is 14.0 Å². The molecule has 0 unspecified atom stereocenters. The molecule has 4 nitrogen and oxygen atoms in total. The largest absolute Gasteiger partial charge is 0.468 e. The van der Waals surface area contributed by atoms with Crippen molar-refractivity contribution in [3.05, 3.63) is 80.5 Å². The summed E-state index contributed by atoms with van der Waals surface area (Å²) in [7, 11) is 0. The monoisotopic (exact) mass is 419 g/mol. The van der Waals surface area contributed by atoms with Gasteiger partial charge >= 0.3 is 0 Å². The van der Waals surface area contributed by atoms with E-state index in [2.05, 4.69) is 0 Å². The maximum Gasteiger partial charge on any atom is 0.272 e. The average Bonchev–Trinajstić information content (AvgIpc) is 3.38. The van der Waals surface area contributed by atoms with Crippen LogP contribution in [-0.4, -0.2) is 11.8 Å². The van der Waals surface area contributed by atoms with E-state index >= 15 is 0 Å². The molecule has 0 radical (unpaired) electrons. The molecule has 27 heavy (non-hydrogen) atoms. The highest BCUT2D eigenvalue weighted by molar-refractivity contribution is 8.03. The number of imide groups is 1. The van der Waals surface area contributed by atoms with Gasteiger partial charge in [-0.2, -0.15) is 0 Å². The molecule has 3 heterocycles. The number of thiophene rings is 1. The van der Waals surface area contributed by atoms with Crippen LogP contribution in [0.2, 0.25) is 5.02 Å². The van der Waals surface area contributed by atoms with E-state index in [4.69, 9.17) is 16.0 Å². The molecule has 0 spiro atoms. The molecule has 0 N–H and O–H groups in total. The molecule has 0 fully saturated rings. The Hall–Kier alpha value is -2.35. The van der Waals surface area contributed by atoms with Crippen molar-refractivity contribution in [2.75, 3.05) is 4.90 Å². The van der Waals surface area contributed by atoms with Crippen molar-refractivity contribution in [2.24, 2.45) is 0 Å². The first-order valence-electron chi connectivity index (χ1n) is 7.83. The fourth-order valence-electron chi connectivity index (χ4n) is 2.68. The number of carbonyl (C=O) groups is 2. The zero-order valence-corrected chi connectivity index (χ0v) is 16.0. The standard InChI is InChI=1S/C19H11ClFNO3S2/c20-13-9-11(5-6-14(13)21)22-18(23)16(15-4-2-8-26-15)17(19(22)24)27-10-12-3-1-7-25-12/h1-9H,10H2. The number of benzene rings is 1. The molecule has 1 aromatic carbocycles. The molecule has 136 valence electrons. The van der Waals surface area contributed by atoms with E-state index in [0.717, 1.165) is 11.0 Å². The second-order valence-electron chi connectivity index (χ2n) is 5.59. The Balaban J connectivity index is 1.73. The van der Waals surface area contributed by atoms with Crippen LogP contribution in [0.3, 0.4) is 0 Å². The van der Waals surface area contributed by atoms with Gasteiger partial charge in [0.05, 0.1) is 33.2 Å². The van der Waals surface area contributed by atoms with Gasteiger partial charge in [-0.1, -0.05) is 17.7 Å². The van der Waals surface area contributed by atoms with Crippen LogP contribution in [0.5, 0.6) is 0 Å². The van der Waals surface area contributed by atoms with Gasteiger partial charge in [0.2, 0.25) is 0 Å². The molecule has 0 aliphatic carbocycles. The van der Waals surface area contributed by atoms with E-state index in [0.29, 0.717) is 26.9 Å². The number of halogens is 2. The molecule has 1 aliphatic heterocycles. The van der Waals surface area contributed by atoms with Gasteiger partial charge in [-0.25, -0.2) is 9.29 Å². The summed E-state index contributed by atoms with van der Waals surface area (Å²) in [5.74, 6) is -0.413. The number of anilines is 1. The van der Waals surface area contributed by atoms with Gasteiger partial charge in [0, 0.05) is 4.88 Å². The second kappa shape index (κ2) is 7.34. The lowest BCUT2D eigenvalue weighted by atomic mass is 10.2. The third kappa shape index (κ3) is 3.34. The number of carbonyl (C=O) groups excluding carboxylic acids is 2. The number of rotatable bonds is 5. The summed E-state index contributed by atoms with van der Waals surface area (Å²) in [5, 5.41) is 1.69. The first-order valence-corrected chi connectivity index (χ1v) is 10.1. The van der Waals surface area contributed by atoms with Crippen LogP contribution in [0.1, 0.15) is 10.6 Å². The Kier molecular flexibility index (Phi) is 4.90. The highest BCUT2D eigenvalue weighted by Crippen LogP contribution is 2.41. The smallest absolute Gasteiger partial charge is 0.272 e. The summed E-state index contributed by atoms with van der Waals surface area (Å²) in [6, 6.07) is 11.0. The van der Waals surface area contributed by atoms with Crippen molar-refractivity contribution in [3.8, 4) is 0 Å². The number of amides is 2. The maximum absolute atomic E-state index is 13.5. The first-order chi connectivity index (χ1) is 13.1. The summed E-state index contributed by atoms with van der Waals surface area (Å²) >= 11 is 8.45. The number of furan rings is 1. The van der Waals surface area contributed by atoms with Crippen LogP contribution >= 0.6 is 34.7 Å². The van der Waals surface area contributed by atoms with Crippen molar-refractivity contribution in [3.63, 3.8) is 0 Å². The van der Waals surface area contributed by atoms with Crippen LogP contribution in [0.25, 0.3) is 5.57 Å². The van der Waals surface area contributed by atoms with Crippen molar-refractivity contribution < 1.29 is 18.4 Å². The van der Waals surface area contributed by atoms with Crippen molar-refractivity contribution in [2.45, 2.75) is 5.75 Å².